The molecule has 3 aromatic rings. The van der Waals surface area contributed by atoms with Crippen molar-refractivity contribution >= 4 is 11.6 Å². The largest absolute Gasteiger partial charge is 0.380 e. The highest BCUT2D eigenvalue weighted by Crippen LogP contribution is 2.39. The van der Waals surface area contributed by atoms with Crippen LogP contribution in [0.15, 0.2) is 78.9 Å². The normalized spacial score (nSPS) is 18.4. The van der Waals surface area contributed by atoms with E-state index in [0.717, 1.165) is 43.5 Å². The zero-order valence-electron chi connectivity index (χ0n) is 18.8. The summed E-state index contributed by atoms with van der Waals surface area (Å²) < 4.78 is 13.6. The lowest BCUT2D eigenvalue weighted by Gasteiger charge is -2.43. The van der Waals surface area contributed by atoms with Crippen LogP contribution in [0.1, 0.15) is 55.2 Å². The summed E-state index contributed by atoms with van der Waals surface area (Å²) in [6, 6.07) is 23.0. The fourth-order valence-electron chi connectivity index (χ4n) is 4.95. The molecule has 0 aliphatic carbocycles. The Kier molecular flexibility index (Phi) is 7.50. The highest BCUT2D eigenvalue weighted by molar-refractivity contribution is 6.30. The Morgan fingerprint density at radius 3 is 1.94 bits per heavy atom. The molecule has 0 amide bonds. The highest BCUT2D eigenvalue weighted by atomic mass is 35.5. The molecule has 2 N–H and O–H groups in total. The standard InChI is InChI=1S/C28H31ClFNO2/c29-25-14-10-23(11-15-25)27(32,22-8-3-1-4-9-22)18-7-19-28(33,31-20-5-2-6-21-31)24-12-16-26(30)17-13-24/h1,3-4,8-17,32-33H,2,5-7,18-21H2. The Morgan fingerprint density at radius 1 is 0.727 bits per heavy atom. The van der Waals surface area contributed by atoms with E-state index in [1.165, 1.54) is 12.1 Å². The Morgan fingerprint density at radius 2 is 1.30 bits per heavy atom. The van der Waals surface area contributed by atoms with Gasteiger partial charge in [0.25, 0.3) is 0 Å². The number of nitrogens with zero attached hydrogens (tertiary/aromatic N) is 1. The Labute approximate surface area is 200 Å². The first-order valence-electron chi connectivity index (χ1n) is 11.7. The van der Waals surface area contributed by atoms with E-state index < -0.39 is 11.3 Å². The number of piperidine rings is 1. The average Bonchev–Trinajstić information content (AvgIpc) is 2.85. The van der Waals surface area contributed by atoms with Gasteiger partial charge < -0.3 is 10.2 Å². The fourth-order valence-corrected chi connectivity index (χ4v) is 5.08. The molecule has 3 aromatic carbocycles. The molecule has 2 unspecified atom stereocenters. The molecular weight excluding hydrogens is 437 g/mol. The third kappa shape index (κ3) is 5.30. The van der Waals surface area contributed by atoms with Gasteiger partial charge in [0, 0.05) is 18.1 Å². The van der Waals surface area contributed by atoms with Gasteiger partial charge in [-0.2, -0.15) is 0 Å². The topological polar surface area (TPSA) is 43.7 Å². The molecule has 33 heavy (non-hydrogen) atoms. The first-order chi connectivity index (χ1) is 15.9. The van der Waals surface area contributed by atoms with Crippen molar-refractivity contribution in [3.05, 3.63) is 106 Å². The van der Waals surface area contributed by atoms with Crippen LogP contribution in [0.4, 0.5) is 4.39 Å². The van der Waals surface area contributed by atoms with Crippen molar-refractivity contribution in [3.8, 4) is 0 Å². The molecule has 1 aliphatic heterocycles. The van der Waals surface area contributed by atoms with E-state index >= 15 is 0 Å². The Balaban J connectivity index is 1.60. The maximum Gasteiger partial charge on any atom is 0.144 e. The van der Waals surface area contributed by atoms with Gasteiger partial charge in [-0.25, -0.2) is 4.39 Å². The molecule has 4 rings (SSSR count). The molecule has 0 bridgehead atoms. The molecule has 174 valence electrons. The van der Waals surface area contributed by atoms with Crippen LogP contribution in [0.3, 0.4) is 0 Å². The third-order valence-corrected chi connectivity index (χ3v) is 7.07. The van der Waals surface area contributed by atoms with Crippen LogP contribution in [-0.2, 0) is 11.3 Å². The molecule has 0 radical (unpaired) electrons. The fraction of sp³-hybridized carbons (Fsp3) is 0.357. The second kappa shape index (κ2) is 10.4. The third-order valence-electron chi connectivity index (χ3n) is 6.82. The zero-order chi connectivity index (χ0) is 23.3. The van der Waals surface area contributed by atoms with Gasteiger partial charge in [0.2, 0.25) is 0 Å². The molecule has 0 saturated carbocycles. The maximum absolute atomic E-state index is 13.6. The molecule has 1 aliphatic rings. The molecule has 5 heteroatoms. The summed E-state index contributed by atoms with van der Waals surface area (Å²) in [5.41, 5.74) is -0.152. The van der Waals surface area contributed by atoms with Crippen LogP contribution >= 0.6 is 11.6 Å². The summed E-state index contributed by atoms with van der Waals surface area (Å²) in [7, 11) is 0. The van der Waals surface area contributed by atoms with E-state index in [9.17, 15) is 14.6 Å². The van der Waals surface area contributed by atoms with Crippen molar-refractivity contribution in [1.82, 2.24) is 4.90 Å². The van der Waals surface area contributed by atoms with Gasteiger partial charge in [0.05, 0.1) is 0 Å². The maximum atomic E-state index is 13.6. The smallest absolute Gasteiger partial charge is 0.144 e. The van der Waals surface area contributed by atoms with Crippen LogP contribution in [0, 0.1) is 5.82 Å². The van der Waals surface area contributed by atoms with Crippen LogP contribution in [-0.4, -0.2) is 28.2 Å². The molecule has 0 aromatic heterocycles. The predicted molar refractivity (Wildman–Crippen MR) is 130 cm³/mol. The molecule has 1 heterocycles. The SMILES string of the molecule is OC(CCCC(O)(c1ccc(F)cc1)N1CCCCC1)(c1ccccc1)c1ccc(Cl)cc1. The minimum atomic E-state index is -1.21. The number of rotatable bonds is 8. The van der Waals surface area contributed by atoms with Gasteiger partial charge in [-0.1, -0.05) is 72.6 Å². The lowest BCUT2D eigenvalue weighted by atomic mass is 9.81. The van der Waals surface area contributed by atoms with Crippen LogP contribution in [0.2, 0.25) is 5.02 Å². The van der Waals surface area contributed by atoms with E-state index in [-0.39, 0.29) is 5.82 Å². The van der Waals surface area contributed by atoms with E-state index in [2.05, 4.69) is 4.90 Å². The second-order valence-electron chi connectivity index (χ2n) is 8.96. The summed E-state index contributed by atoms with van der Waals surface area (Å²) in [5, 5.41) is 24.4. The summed E-state index contributed by atoms with van der Waals surface area (Å²) >= 11 is 6.09. The quantitative estimate of drug-likeness (QED) is 0.413. The number of halogens is 2. The predicted octanol–water partition coefficient (Wildman–Crippen LogP) is 6.22. The molecule has 2 atom stereocenters. The van der Waals surface area contributed by atoms with Gasteiger partial charge in [-0.05, 0) is 73.1 Å². The average molecular weight is 468 g/mol. The van der Waals surface area contributed by atoms with Crippen molar-refractivity contribution in [2.45, 2.75) is 49.9 Å². The monoisotopic (exact) mass is 467 g/mol. The lowest BCUT2D eigenvalue weighted by Crippen LogP contribution is -2.49. The van der Waals surface area contributed by atoms with Crippen LogP contribution in [0.5, 0.6) is 0 Å². The van der Waals surface area contributed by atoms with Gasteiger partial charge in [-0.3, -0.25) is 4.90 Å². The van der Waals surface area contributed by atoms with E-state index in [1.807, 2.05) is 42.5 Å². The highest BCUT2D eigenvalue weighted by Gasteiger charge is 2.38. The Bertz CT molecular complexity index is 1020. The first-order valence-corrected chi connectivity index (χ1v) is 12.1. The number of hydrogen-bond acceptors (Lipinski definition) is 3. The summed E-state index contributed by atoms with van der Waals surface area (Å²) in [5.74, 6) is -0.319. The summed E-state index contributed by atoms with van der Waals surface area (Å²) in [6.45, 7) is 1.60. The van der Waals surface area contributed by atoms with Crippen molar-refractivity contribution in [1.29, 1.82) is 0 Å². The summed E-state index contributed by atoms with van der Waals surface area (Å²) in [6.07, 6.45) is 4.64. The number of hydrogen-bond donors (Lipinski definition) is 2. The van der Waals surface area contributed by atoms with E-state index in [4.69, 9.17) is 11.6 Å². The molecule has 3 nitrogen and oxygen atoms in total. The molecule has 1 saturated heterocycles. The van der Waals surface area contributed by atoms with Gasteiger partial charge in [-0.15, -0.1) is 0 Å². The minimum absolute atomic E-state index is 0.319. The number of likely N-dealkylation sites (tertiary alicyclic amines) is 1. The summed E-state index contributed by atoms with van der Waals surface area (Å²) in [4.78, 5) is 2.10. The number of aliphatic hydroxyl groups is 2. The van der Waals surface area contributed by atoms with Crippen LogP contribution < -0.4 is 0 Å². The minimum Gasteiger partial charge on any atom is -0.380 e. The zero-order valence-corrected chi connectivity index (χ0v) is 19.5. The molecular formula is C28H31ClFNO2. The first kappa shape index (κ1) is 23.9. The van der Waals surface area contributed by atoms with Gasteiger partial charge in [0.15, 0.2) is 0 Å². The van der Waals surface area contributed by atoms with E-state index in [0.29, 0.717) is 29.8 Å². The van der Waals surface area contributed by atoms with Crippen LogP contribution in [0.25, 0.3) is 0 Å². The molecule has 1 fully saturated rings. The van der Waals surface area contributed by atoms with E-state index in [1.54, 1.807) is 24.3 Å². The van der Waals surface area contributed by atoms with Crippen molar-refractivity contribution < 1.29 is 14.6 Å². The van der Waals surface area contributed by atoms with Crippen molar-refractivity contribution in [3.63, 3.8) is 0 Å². The van der Waals surface area contributed by atoms with Gasteiger partial charge in [0.1, 0.15) is 17.1 Å². The lowest BCUT2D eigenvalue weighted by molar-refractivity contribution is -0.132. The number of benzene rings is 3. The van der Waals surface area contributed by atoms with Crippen molar-refractivity contribution in [2.75, 3.05) is 13.1 Å². The van der Waals surface area contributed by atoms with Crippen molar-refractivity contribution in [2.24, 2.45) is 0 Å². The van der Waals surface area contributed by atoms with Gasteiger partial charge >= 0.3 is 0 Å². The Hall–Kier alpha value is -2.24. The second-order valence-corrected chi connectivity index (χ2v) is 9.39. The molecule has 0 spiro atoms.